The van der Waals surface area contributed by atoms with E-state index in [2.05, 4.69) is 5.32 Å². The van der Waals surface area contributed by atoms with Gasteiger partial charge in [0.15, 0.2) is 11.5 Å². The normalized spacial score (nSPS) is 21.1. The van der Waals surface area contributed by atoms with Gasteiger partial charge in [0, 0.05) is 20.2 Å². The van der Waals surface area contributed by atoms with E-state index in [4.69, 9.17) is 9.47 Å². The third-order valence-electron chi connectivity index (χ3n) is 3.83. The summed E-state index contributed by atoms with van der Waals surface area (Å²) >= 11 is 0. The number of phenols is 2. The average Bonchev–Trinajstić information content (AvgIpc) is 2.90. The second kappa shape index (κ2) is 7.27. The van der Waals surface area contributed by atoms with Crippen LogP contribution in [-0.4, -0.2) is 59.2 Å². The molecule has 0 spiro atoms. The van der Waals surface area contributed by atoms with Gasteiger partial charge in [0.05, 0.1) is 18.7 Å². The van der Waals surface area contributed by atoms with E-state index in [9.17, 15) is 15.0 Å². The van der Waals surface area contributed by atoms with Gasteiger partial charge in [-0.05, 0) is 38.5 Å². The van der Waals surface area contributed by atoms with Crippen molar-refractivity contribution in [2.45, 2.75) is 45.1 Å². The molecule has 1 aliphatic rings. The molecule has 2 rings (SSSR count). The van der Waals surface area contributed by atoms with E-state index in [0.29, 0.717) is 19.6 Å². The van der Waals surface area contributed by atoms with Crippen molar-refractivity contribution in [3.8, 4) is 11.5 Å². The SMILES string of the molecule is CO[C@H]1CN(C(=O)OC(C)(C)C)CC1NCc1ccc(O)c(O)c1. The van der Waals surface area contributed by atoms with Gasteiger partial charge in [-0.3, -0.25) is 0 Å². The number of phenolic OH excluding ortho intramolecular Hbond substituents is 2. The topological polar surface area (TPSA) is 91.3 Å². The molecule has 1 aromatic carbocycles. The summed E-state index contributed by atoms with van der Waals surface area (Å²) in [4.78, 5) is 13.8. The van der Waals surface area contributed by atoms with Gasteiger partial charge in [0.2, 0.25) is 0 Å². The van der Waals surface area contributed by atoms with Gasteiger partial charge in [-0.2, -0.15) is 0 Å². The molecule has 0 bridgehead atoms. The molecule has 0 radical (unpaired) electrons. The van der Waals surface area contributed by atoms with Crippen LogP contribution in [0.4, 0.5) is 4.79 Å². The Hall–Kier alpha value is -1.99. The van der Waals surface area contributed by atoms with E-state index >= 15 is 0 Å². The predicted octanol–water partition coefficient (Wildman–Crippen LogP) is 1.82. The van der Waals surface area contributed by atoms with Gasteiger partial charge in [-0.25, -0.2) is 4.79 Å². The van der Waals surface area contributed by atoms with Crippen LogP contribution in [0.25, 0.3) is 0 Å². The molecule has 1 fully saturated rings. The molecule has 1 amide bonds. The molecule has 1 heterocycles. The van der Waals surface area contributed by atoms with E-state index in [0.717, 1.165) is 5.56 Å². The Morgan fingerprint density at radius 1 is 1.29 bits per heavy atom. The summed E-state index contributed by atoms with van der Waals surface area (Å²) in [6, 6.07) is 4.63. The highest BCUT2D eigenvalue weighted by atomic mass is 16.6. The molecule has 134 valence electrons. The summed E-state index contributed by atoms with van der Waals surface area (Å²) in [5.41, 5.74) is 0.297. The van der Waals surface area contributed by atoms with Crippen molar-refractivity contribution >= 4 is 6.09 Å². The summed E-state index contributed by atoms with van der Waals surface area (Å²) in [5.74, 6) is -0.301. The van der Waals surface area contributed by atoms with Crippen LogP contribution in [0.1, 0.15) is 26.3 Å². The van der Waals surface area contributed by atoms with E-state index in [1.54, 1.807) is 18.1 Å². The van der Waals surface area contributed by atoms with Crippen LogP contribution < -0.4 is 5.32 Å². The zero-order valence-corrected chi connectivity index (χ0v) is 14.6. The number of likely N-dealkylation sites (tertiary alicyclic amines) is 1. The fourth-order valence-corrected chi connectivity index (χ4v) is 2.61. The Balaban J connectivity index is 1.94. The Bertz CT molecular complexity index is 585. The Labute approximate surface area is 142 Å². The van der Waals surface area contributed by atoms with E-state index in [1.165, 1.54) is 12.1 Å². The Morgan fingerprint density at radius 2 is 2.00 bits per heavy atom. The molecule has 1 aliphatic heterocycles. The van der Waals surface area contributed by atoms with Crippen molar-refractivity contribution in [1.82, 2.24) is 10.2 Å². The molecule has 7 nitrogen and oxygen atoms in total. The van der Waals surface area contributed by atoms with Crippen LogP contribution in [0.5, 0.6) is 11.5 Å². The highest BCUT2D eigenvalue weighted by molar-refractivity contribution is 5.68. The summed E-state index contributed by atoms with van der Waals surface area (Å²) in [6.45, 7) is 6.94. The molecule has 2 atom stereocenters. The molecule has 1 unspecified atom stereocenters. The highest BCUT2D eigenvalue weighted by Gasteiger charge is 2.37. The lowest BCUT2D eigenvalue weighted by atomic mass is 10.1. The number of nitrogens with zero attached hydrogens (tertiary/aromatic N) is 1. The number of aromatic hydroxyl groups is 2. The number of carbonyl (C=O) groups is 1. The van der Waals surface area contributed by atoms with Gasteiger partial charge < -0.3 is 29.9 Å². The van der Waals surface area contributed by atoms with Gasteiger partial charge in [0.25, 0.3) is 0 Å². The molecule has 0 aliphatic carbocycles. The Morgan fingerprint density at radius 3 is 2.58 bits per heavy atom. The van der Waals surface area contributed by atoms with Crippen molar-refractivity contribution in [3.63, 3.8) is 0 Å². The quantitative estimate of drug-likeness (QED) is 0.726. The summed E-state index contributed by atoms with van der Waals surface area (Å²) in [5, 5.41) is 22.2. The summed E-state index contributed by atoms with van der Waals surface area (Å²) in [7, 11) is 1.62. The monoisotopic (exact) mass is 338 g/mol. The molecule has 0 aromatic heterocycles. The van der Waals surface area contributed by atoms with Crippen LogP contribution in [0.3, 0.4) is 0 Å². The third kappa shape index (κ3) is 4.75. The first-order valence-electron chi connectivity index (χ1n) is 7.94. The van der Waals surface area contributed by atoms with Crippen molar-refractivity contribution in [3.05, 3.63) is 23.8 Å². The first kappa shape index (κ1) is 18.4. The van der Waals surface area contributed by atoms with Crippen LogP contribution in [-0.2, 0) is 16.0 Å². The predicted molar refractivity (Wildman–Crippen MR) is 89.0 cm³/mol. The second-order valence-corrected chi connectivity index (χ2v) is 6.97. The molecule has 7 heteroatoms. The van der Waals surface area contributed by atoms with Crippen molar-refractivity contribution in [2.75, 3.05) is 20.2 Å². The largest absolute Gasteiger partial charge is 0.504 e. The summed E-state index contributed by atoms with van der Waals surface area (Å²) < 4.78 is 10.9. The molecular weight excluding hydrogens is 312 g/mol. The van der Waals surface area contributed by atoms with Crippen LogP contribution in [0.2, 0.25) is 0 Å². The number of benzene rings is 1. The molecule has 24 heavy (non-hydrogen) atoms. The number of methoxy groups -OCH3 is 1. The standard InChI is InChI=1S/C17H26N2O5/c1-17(2,3)24-16(22)19-9-12(15(10-19)23-4)18-8-11-5-6-13(20)14(21)7-11/h5-7,12,15,18,20-21H,8-10H2,1-4H3/t12?,15-/m0/s1. The minimum absolute atomic E-state index is 0.0431. The minimum Gasteiger partial charge on any atom is -0.504 e. The molecule has 1 saturated heterocycles. The molecule has 3 N–H and O–H groups in total. The number of nitrogens with one attached hydrogen (secondary N) is 1. The zero-order valence-electron chi connectivity index (χ0n) is 14.6. The lowest BCUT2D eigenvalue weighted by molar-refractivity contribution is 0.0252. The average molecular weight is 338 g/mol. The molecule has 0 saturated carbocycles. The third-order valence-corrected chi connectivity index (χ3v) is 3.83. The van der Waals surface area contributed by atoms with Gasteiger partial charge >= 0.3 is 6.09 Å². The lowest BCUT2D eigenvalue weighted by Crippen LogP contribution is -2.40. The van der Waals surface area contributed by atoms with Gasteiger partial charge in [-0.1, -0.05) is 6.07 Å². The first-order valence-corrected chi connectivity index (χ1v) is 7.94. The van der Waals surface area contributed by atoms with Crippen molar-refractivity contribution in [1.29, 1.82) is 0 Å². The number of amides is 1. The number of hydrogen-bond donors (Lipinski definition) is 3. The smallest absolute Gasteiger partial charge is 0.410 e. The highest BCUT2D eigenvalue weighted by Crippen LogP contribution is 2.25. The van der Waals surface area contributed by atoms with E-state index in [1.807, 2.05) is 20.8 Å². The maximum atomic E-state index is 12.2. The Kier molecular flexibility index (Phi) is 5.56. The van der Waals surface area contributed by atoms with Gasteiger partial charge in [0.1, 0.15) is 5.60 Å². The van der Waals surface area contributed by atoms with Crippen LogP contribution in [0.15, 0.2) is 18.2 Å². The first-order chi connectivity index (χ1) is 11.2. The minimum atomic E-state index is -0.533. The van der Waals surface area contributed by atoms with Crippen molar-refractivity contribution in [2.24, 2.45) is 0 Å². The van der Waals surface area contributed by atoms with Crippen LogP contribution in [0, 0.1) is 0 Å². The number of rotatable bonds is 4. The summed E-state index contributed by atoms with van der Waals surface area (Å²) in [6.07, 6.45) is -0.487. The molecule has 1 aromatic rings. The number of hydrogen-bond acceptors (Lipinski definition) is 6. The number of carbonyl (C=O) groups excluding carboxylic acids is 1. The molecular formula is C17H26N2O5. The fourth-order valence-electron chi connectivity index (χ4n) is 2.61. The fraction of sp³-hybridized carbons (Fsp3) is 0.588. The maximum Gasteiger partial charge on any atom is 0.410 e. The van der Waals surface area contributed by atoms with Gasteiger partial charge in [-0.15, -0.1) is 0 Å². The van der Waals surface area contributed by atoms with E-state index in [-0.39, 0.29) is 29.7 Å². The van der Waals surface area contributed by atoms with Crippen LogP contribution >= 0.6 is 0 Å². The maximum absolute atomic E-state index is 12.2. The van der Waals surface area contributed by atoms with Crippen molar-refractivity contribution < 1.29 is 24.5 Å². The lowest BCUT2D eigenvalue weighted by Gasteiger charge is -2.24. The van der Waals surface area contributed by atoms with E-state index < -0.39 is 5.60 Å². The second-order valence-electron chi connectivity index (χ2n) is 6.97. The zero-order chi connectivity index (χ0) is 17.9. The number of ether oxygens (including phenoxy) is 2.